The molecule has 0 fully saturated rings. The number of sulfonamides is 1. The Hall–Kier alpha value is -2.62. The summed E-state index contributed by atoms with van der Waals surface area (Å²) in [5, 5.41) is 7.71. The Labute approximate surface area is 180 Å². The summed E-state index contributed by atoms with van der Waals surface area (Å²) in [5.41, 5.74) is 1.29. The summed E-state index contributed by atoms with van der Waals surface area (Å²) in [6.45, 7) is 4.59. The highest BCUT2D eigenvalue weighted by atomic mass is 35.5. The van der Waals surface area contributed by atoms with Crippen molar-refractivity contribution in [3.63, 3.8) is 0 Å². The minimum atomic E-state index is -3.59. The number of anilines is 1. The first-order chi connectivity index (χ1) is 14.4. The number of nitrogens with one attached hydrogen (secondary N) is 1. The van der Waals surface area contributed by atoms with Gasteiger partial charge in [-0.15, -0.1) is 0 Å². The van der Waals surface area contributed by atoms with Gasteiger partial charge in [-0.25, -0.2) is 8.42 Å². The van der Waals surface area contributed by atoms with Crippen molar-refractivity contribution in [2.75, 3.05) is 25.5 Å². The first-order valence-corrected chi connectivity index (χ1v) is 11.2. The van der Waals surface area contributed by atoms with E-state index >= 15 is 0 Å². The maximum Gasteiger partial charge on any atom is 0.246 e. The molecule has 0 radical (unpaired) electrons. The van der Waals surface area contributed by atoms with E-state index in [-0.39, 0.29) is 11.4 Å². The lowest BCUT2D eigenvalue weighted by molar-refractivity contribution is 0.383. The van der Waals surface area contributed by atoms with E-state index in [1.807, 2.05) is 0 Å². The molecule has 3 rings (SSSR count). The van der Waals surface area contributed by atoms with Gasteiger partial charge in [0.15, 0.2) is 0 Å². The second kappa shape index (κ2) is 9.46. The molecule has 1 aromatic heterocycles. The summed E-state index contributed by atoms with van der Waals surface area (Å²) in [6, 6.07) is 11.8. The molecule has 3 aromatic rings. The molecule has 0 bridgehead atoms. The van der Waals surface area contributed by atoms with Crippen LogP contribution >= 0.6 is 11.6 Å². The number of hydrogen-bond acceptors (Lipinski definition) is 7. The van der Waals surface area contributed by atoms with Crippen LogP contribution in [-0.2, 0) is 16.6 Å². The first-order valence-electron chi connectivity index (χ1n) is 9.39. The van der Waals surface area contributed by atoms with Crippen molar-refractivity contribution in [3.05, 3.63) is 53.4 Å². The molecule has 10 heteroatoms. The molecular formula is C20H23ClN4O4S. The summed E-state index contributed by atoms with van der Waals surface area (Å²) >= 11 is 5.90. The van der Waals surface area contributed by atoms with Crippen LogP contribution in [0.5, 0.6) is 5.75 Å². The molecular weight excluding hydrogens is 428 g/mol. The molecule has 0 aliphatic carbocycles. The normalized spacial score (nSPS) is 11.6. The number of rotatable bonds is 9. The Balaban J connectivity index is 1.80. The number of ether oxygens (including phenoxy) is 1. The molecule has 0 saturated carbocycles. The molecule has 160 valence electrons. The fraction of sp³-hybridized carbons (Fsp3) is 0.300. The lowest BCUT2D eigenvalue weighted by Crippen LogP contribution is -2.30. The molecule has 0 aliphatic heterocycles. The molecule has 1 N–H and O–H groups in total. The standard InChI is InChI=1S/C20H23ClN4O4S/c1-4-25(5-2)30(26,27)16-10-11-18(28-3)17(12-16)22-13-19-23-20(24-29-19)14-6-8-15(21)9-7-14/h6-12,22H,4-5,13H2,1-3H3. The lowest BCUT2D eigenvalue weighted by atomic mass is 10.2. The van der Waals surface area contributed by atoms with Crippen LogP contribution in [0.15, 0.2) is 51.9 Å². The zero-order valence-corrected chi connectivity index (χ0v) is 18.5. The largest absolute Gasteiger partial charge is 0.495 e. The molecule has 0 amide bonds. The van der Waals surface area contributed by atoms with Gasteiger partial charge < -0.3 is 14.6 Å². The fourth-order valence-corrected chi connectivity index (χ4v) is 4.52. The van der Waals surface area contributed by atoms with E-state index in [0.29, 0.717) is 41.3 Å². The van der Waals surface area contributed by atoms with E-state index in [0.717, 1.165) is 5.56 Å². The SMILES string of the molecule is CCN(CC)S(=O)(=O)c1ccc(OC)c(NCc2nc(-c3ccc(Cl)cc3)no2)c1. The van der Waals surface area contributed by atoms with E-state index in [1.54, 1.807) is 50.2 Å². The van der Waals surface area contributed by atoms with Crippen molar-refractivity contribution in [2.45, 2.75) is 25.3 Å². The van der Waals surface area contributed by atoms with E-state index < -0.39 is 10.0 Å². The average molecular weight is 451 g/mol. The van der Waals surface area contributed by atoms with Crippen LogP contribution in [0, 0.1) is 0 Å². The number of aromatic nitrogens is 2. The fourth-order valence-electron chi connectivity index (χ4n) is 2.91. The lowest BCUT2D eigenvalue weighted by Gasteiger charge is -2.19. The third-order valence-electron chi connectivity index (χ3n) is 4.51. The predicted molar refractivity (Wildman–Crippen MR) is 115 cm³/mol. The van der Waals surface area contributed by atoms with Crippen molar-refractivity contribution in [3.8, 4) is 17.1 Å². The minimum absolute atomic E-state index is 0.182. The van der Waals surface area contributed by atoms with Gasteiger partial charge in [-0.1, -0.05) is 30.6 Å². The topological polar surface area (TPSA) is 97.6 Å². The molecule has 30 heavy (non-hydrogen) atoms. The number of methoxy groups -OCH3 is 1. The van der Waals surface area contributed by atoms with E-state index in [9.17, 15) is 8.42 Å². The van der Waals surface area contributed by atoms with Gasteiger partial charge in [-0.2, -0.15) is 9.29 Å². The number of benzene rings is 2. The number of hydrogen-bond donors (Lipinski definition) is 1. The Morgan fingerprint density at radius 1 is 1.13 bits per heavy atom. The van der Waals surface area contributed by atoms with E-state index in [1.165, 1.54) is 17.5 Å². The summed E-state index contributed by atoms with van der Waals surface area (Å²) in [4.78, 5) is 4.54. The summed E-state index contributed by atoms with van der Waals surface area (Å²) in [5.74, 6) is 1.29. The molecule has 1 heterocycles. The van der Waals surface area contributed by atoms with Gasteiger partial charge >= 0.3 is 0 Å². The van der Waals surface area contributed by atoms with Crippen LogP contribution < -0.4 is 10.1 Å². The summed E-state index contributed by atoms with van der Waals surface area (Å²) in [7, 11) is -2.07. The zero-order chi connectivity index (χ0) is 21.7. The second-order valence-corrected chi connectivity index (χ2v) is 8.70. The molecule has 0 atom stereocenters. The summed E-state index contributed by atoms with van der Waals surface area (Å²) < 4.78 is 37.7. The van der Waals surface area contributed by atoms with Gasteiger partial charge in [0.2, 0.25) is 21.7 Å². The predicted octanol–water partition coefficient (Wildman–Crippen LogP) is 4.04. The quantitative estimate of drug-likeness (QED) is 0.525. The van der Waals surface area contributed by atoms with Crippen LogP contribution in [-0.4, -0.2) is 43.1 Å². The first kappa shape index (κ1) is 22.1. The van der Waals surface area contributed by atoms with Crippen molar-refractivity contribution in [1.29, 1.82) is 0 Å². The zero-order valence-electron chi connectivity index (χ0n) is 16.9. The highest BCUT2D eigenvalue weighted by Crippen LogP contribution is 2.29. The van der Waals surface area contributed by atoms with Crippen molar-refractivity contribution in [1.82, 2.24) is 14.4 Å². The van der Waals surface area contributed by atoms with E-state index in [4.69, 9.17) is 20.9 Å². The van der Waals surface area contributed by atoms with Gasteiger partial charge in [0, 0.05) is 23.7 Å². The third-order valence-corrected chi connectivity index (χ3v) is 6.81. The number of nitrogens with zero attached hydrogens (tertiary/aromatic N) is 3. The molecule has 2 aromatic carbocycles. The Morgan fingerprint density at radius 2 is 1.83 bits per heavy atom. The van der Waals surface area contributed by atoms with Crippen molar-refractivity contribution < 1.29 is 17.7 Å². The van der Waals surface area contributed by atoms with Crippen LogP contribution in [0.4, 0.5) is 5.69 Å². The monoisotopic (exact) mass is 450 g/mol. The van der Waals surface area contributed by atoms with Crippen LogP contribution in [0.1, 0.15) is 19.7 Å². The molecule has 0 spiro atoms. The van der Waals surface area contributed by atoms with Crippen LogP contribution in [0.25, 0.3) is 11.4 Å². The van der Waals surface area contributed by atoms with Crippen LogP contribution in [0.3, 0.4) is 0 Å². The highest BCUT2D eigenvalue weighted by Gasteiger charge is 2.23. The maximum absolute atomic E-state index is 12.8. The second-order valence-electron chi connectivity index (χ2n) is 6.32. The molecule has 0 saturated heterocycles. The maximum atomic E-state index is 12.8. The van der Waals surface area contributed by atoms with Gasteiger partial charge in [-0.3, -0.25) is 0 Å². The molecule has 8 nitrogen and oxygen atoms in total. The van der Waals surface area contributed by atoms with E-state index in [2.05, 4.69) is 15.5 Å². The van der Waals surface area contributed by atoms with Crippen LogP contribution in [0.2, 0.25) is 5.02 Å². The van der Waals surface area contributed by atoms with Gasteiger partial charge in [0.05, 0.1) is 24.2 Å². The molecule has 0 unspecified atom stereocenters. The smallest absolute Gasteiger partial charge is 0.246 e. The summed E-state index contributed by atoms with van der Waals surface area (Å²) in [6.07, 6.45) is 0. The van der Waals surface area contributed by atoms with Crippen molar-refractivity contribution in [2.24, 2.45) is 0 Å². The van der Waals surface area contributed by atoms with Gasteiger partial charge in [-0.05, 0) is 42.5 Å². The Bertz CT molecular complexity index is 1100. The third kappa shape index (κ3) is 4.75. The Kier molecular flexibility index (Phi) is 6.96. The number of halogens is 1. The van der Waals surface area contributed by atoms with Gasteiger partial charge in [0.1, 0.15) is 5.75 Å². The minimum Gasteiger partial charge on any atom is -0.495 e. The van der Waals surface area contributed by atoms with Gasteiger partial charge in [0.25, 0.3) is 0 Å². The Morgan fingerprint density at radius 3 is 2.47 bits per heavy atom. The molecule has 0 aliphatic rings. The van der Waals surface area contributed by atoms with Crippen molar-refractivity contribution >= 4 is 27.3 Å². The highest BCUT2D eigenvalue weighted by molar-refractivity contribution is 7.89. The average Bonchev–Trinajstić information content (AvgIpc) is 3.22.